The third kappa shape index (κ3) is 3.78. The fourth-order valence-corrected chi connectivity index (χ4v) is 5.73. The number of benzene rings is 4. The van der Waals surface area contributed by atoms with Crippen molar-refractivity contribution in [2.24, 2.45) is 5.92 Å². The average Bonchev–Trinajstić information content (AvgIpc) is 3.34. The van der Waals surface area contributed by atoms with Gasteiger partial charge in [0.15, 0.2) is 0 Å². The first-order valence-corrected chi connectivity index (χ1v) is 12.0. The number of ether oxygens (including phenoxy) is 1. The summed E-state index contributed by atoms with van der Waals surface area (Å²) in [6.45, 7) is 0.544. The van der Waals surface area contributed by atoms with E-state index in [0.29, 0.717) is 17.5 Å². The predicted molar refractivity (Wildman–Crippen MR) is 138 cm³/mol. The Hall–Kier alpha value is -2.94. The molecule has 4 aromatic carbocycles. The zero-order valence-electron chi connectivity index (χ0n) is 18.0. The molecular weight excluding hydrogens is 449 g/mol. The number of halogens is 2. The van der Waals surface area contributed by atoms with E-state index in [1.54, 1.807) is 0 Å². The number of hydrogen-bond acceptors (Lipinski definition) is 2. The Kier molecular flexibility index (Phi) is 5.28. The fraction of sp³-hybridized carbons (Fsp3) is 0.172. The van der Waals surface area contributed by atoms with Crippen LogP contribution in [0.15, 0.2) is 91.0 Å². The average molecular weight is 472 g/mol. The second-order valence-electron chi connectivity index (χ2n) is 8.83. The van der Waals surface area contributed by atoms with E-state index in [1.165, 1.54) is 16.3 Å². The van der Waals surface area contributed by atoms with E-state index in [-0.39, 0.29) is 12.0 Å². The van der Waals surface area contributed by atoms with Crippen molar-refractivity contribution in [1.82, 2.24) is 0 Å². The van der Waals surface area contributed by atoms with Gasteiger partial charge in [0, 0.05) is 16.5 Å². The zero-order chi connectivity index (χ0) is 22.4. The molecule has 4 heteroatoms. The summed E-state index contributed by atoms with van der Waals surface area (Å²) in [7, 11) is 0. The van der Waals surface area contributed by atoms with Gasteiger partial charge in [-0.3, -0.25) is 0 Å². The molecule has 164 valence electrons. The van der Waals surface area contributed by atoms with Gasteiger partial charge in [-0.2, -0.15) is 0 Å². The van der Waals surface area contributed by atoms with E-state index in [9.17, 15) is 0 Å². The van der Waals surface area contributed by atoms with Crippen LogP contribution in [0.2, 0.25) is 10.0 Å². The lowest BCUT2D eigenvalue weighted by atomic mass is 9.77. The summed E-state index contributed by atoms with van der Waals surface area (Å²) in [4.78, 5) is 0. The van der Waals surface area contributed by atoms with Gasteiger partial charge in [-0.1, -0.05) is 83.9 Å². The Morgan fingerprint density at radius 3 is 2.48 bits per heavy atom. The lowest BCUT2D eigenvalue weighted by molar-refractivity contribution is 0.306. The molecule has 2 aliphatic rings. The smallest absolute Gasteiger partial charge is 0.119 e. The molecule has 0 saturated carbocycles. The Labute approximate surface area is 203 Å². The summed E-state index contributed by atoms with van der Waals surface area (Å²) in [5, 5.41) is 7.66. The summed E-state index contributed by atoms with van der Waals surface area (Å²) < 4.78 is 6.09. The highest BCUT2D eigenvalue weighted by molar-refractivity contribution is 6.36. The van der Waals surface area contributed by atoms with Crippen molar-refractivity contribution in [3.05, 3.63) is 118 Å². The first-order valence-electron chi connectivity index (χ1n) is 11.3. The van der Waals surface area contributed by atoms with E-state index < -0.39 is 0 Å². The van der Waals surface area contributed by atoms with Crippen molar-refractivity contribution in [1.29, 1.82) is 0 Å². The van der Waals surface area contributed by atoms with Crippen molar-refractivity contribution in [2.45, 2.75) is 25.0 Å². The van der Waals surface area contributed by atoms with Gasteiger partial charge < -0.3 is 10.1 Å². The molecule has 1 N–H and O–H groups in total. The first-order chi connectivity index (χ1) is 16.2. The molecule has 0 fully saturated rings. The molecule has 0 radical (unpaired) electrons. The van der Waals surface area contributed by atoms with Crippen LogP contribution in [0.25, 0.3) is 10.8 Å². The van der Waals surface area contributed by atoms with Crippen LogP contribution in [0.1, 0.15) is 35.1 Å². The zero-order valence-corrected chi connectivity index (χ0v) is 19.5. The van der Waals surface area contributed by atoms with Crippen LogP contribution >= 0.6 is 23.2 Å². The van der Waals surface area contributed by atoms with E-state index in [4.69, 9.17) is 27.9 Å². The van der Waals surface area contributed by atoms with Gasteiger partial charge in [-0.15, -0.1) is 0 Å². The topological polar surface area (TPSA) is 21.3 Å². The molecular formula is C29H23Cl2NO. The van der Waals surface area contributed by atoms with Crippen molar-refractivity contribution < 1.29 is 4.74 Å². The molecule has 2 nitrogen and oxygen atoms in total. The minimum absolute atomic E-state index is 0.169. The molecule has 6 rings (SSSR count). The Balaban J connectivity index is 1.21. The van der Waals surface area contributed by atoms with Crippen molar-refractivity contribution >= 4 is 39.7 Å². The molecule has 1 aliphatic carbocycles. The normalized spacial score (nSPS) is 20.8. The fourth-order valence-electron chi connectivity index (χ4n) is 5.23. The number of fused-ring (bicyclic) bond motifs is 4. The van der Waals surface area contributed by atoms with E-state index in [2.05, 4.69) is 84.2 Å². The number of hydrogen-bond donors (Lipinski definition) is 1. The molecule has 1 aliphatic heterocycles. The summed E-state index contributed by atoms with van der Waals surface area (Å²) in [6.07, 6.45) is 5.56. The van der Waals surface area contributed by atoms with Gasteiger partial charge >= 0.3 is 0 Å². The van der Waals surface area contributed by atoms with Gasteiger partial charge in [0.25, 0.3) is 0 Å². The summed E-state index contributed by atoms with van der Waals surface area (Å²) >= 11 is 13.1. The summed E-state index contributed by atoms with van der Waals surface area (Å²) in [5.41, 5.74) is 4.47. The minimum Gasteiger partial charge on any atom is -0.489 e. The molecule has 33 heavy (non-hydrogen) atoms. The van der Waals surface area contributed by atoms with Crippen molar-refractivity contribution in [3.8, 4) is 5.75 Å². The number of rotatable bonds is 4. The first kappa shape index (κ1) is 20.7. The summed E-state index contributed by atoms with van der Waals surface area (Å²) in [5.74, 6) is 1.56. The second kappa shape index (κ2) is 8.44. The number of nitrogens with one attached hydrogen (secondary N) is 1. The van der Waals surface area contributed by atoms with Gasteiger partial charge in [0.1, 0.15) is 12.4 Å². The molecule has 0 unspecified atom stereocenters. The maximum atomic E-state index is 6.56. The van der Waals surface area contributed by atoms with E-state index >= 15 is 0 Å². The lowest BCUT2D eigenvalue weighted by Crippen LogP contribution is -2.29. The van der Waals surface area contributed by atoms with E-state index in [0.717, 1.165) is 34.0 Å². The molecule has 0 saturated heterocycles. The quantitative estimate of drug-likeness (QED) is 0.301. The molecule has 1 heterocycles. The monoisotopic (exact) mass is 471 g/mol. The molecule has 0 amide bonds. The van der Waals surface area contributed by atoms with Crippen molar-refractivity contribution in [2.75, 3.05) is 5.32 Å². The standard InChI is InChI=1S/C29H23Cl2NO/c30-25-14-15-26(31)29-27(25)23-6-3-7-24(23)28(32-29)20-10-12-22(13-11-20)33-17-18-8-9-19-4-1-2-5-21(19)16-18/h1-6,8-16,23-24,28,32H,7,17H2/t23-,24+,28+/m1/s1. The molecule has 0 bridgehead atoms. The van der Waals surface area contributed by atoms with Crippen LogP contribution < -0.4 is 10.1 Å². The van der Waals surface area contributed by atoms with Crippen LogP contribution in [0.4, 0.5) is 5.69 Å². The molecule has 3 atom stereocenters. The maximum Gasteiger partial charge on any atom is 0.119 e. The van der Waals surface area contributed by atoms with Crippen LogP contribution in [-0.2, 0) is 6.61 Å². The lowest BCUT2D eigenvalue weighted by Gasteiger charge is -2.38. The number of allylic oxidation sites excluding steroid dienone is 2. The third-order valence-electron chi connectivity index (χ3n) is 6.87. The highest BCUT2D eigenvalue weighted by Crippen LogP contribution is 2.53. The number of anilines is 1. The van der Waals surface area contributed by atoms with Gasteiger partial charge in [0.05, 0.1) is 16.8 Å². The Morgan fingerprint density at radius 2 is 1.64 bits per heavy atom. The van der Waals surface area contributed by atoms with Crippen LogP contribution in [0.3, 0.4) is 0 Å². The van der Waals surface area contributed by atoms with Gasteiger partial charge in [0.2, 0.25) is 0 Å². The minimum atomic E-state index is 0.169. The van der Waals surface area contributed by atoms with E-state index in [1.807, 2.05) is 12.1 Å². The molecule has 4 aromatic rings. The second-order valence-corrected chi connectivity index (χ2v) is 9.65. The molecule has 0 spiro atoms. The Bertz CT molecular complexity index is 1360. The SMILES string of the molecule is Clc1ccc(Cl)c2c1N[C@@H](c1ccc(OCc3ccc4ccccc4c3)cc1)[C@H]1CC=C[C@@H]21. The highest BCUT2D eigenvalue weighted by atomic mass is 35.5. The van der Waals surface area contributed by atoms with Crippen LogP contribution in [0, 0.1) is 5.92 Å². The highest BCUT2D eigenvalue weighted by Gasteiger charge is 2.39. The predicted octanol–water partition coefficient (Wildman–Crippen LogP) is 8.55. The maximum absolute atomic E-state index is 6.56. The summed E-state index contributed by atoms with van der Waals surface area (Å²) in [6, 6.07) is 27.2. The van der Waals surface area contributed by atoms with Gasteiger partial charge in [-0.05, 0) is 64.6 Å². The van der Waals surface area contributed by atoms with Crippen LogP contribution in [0.5, 0.6) is 5.75 Å². The van der Waals surface area contributed by atoms with Crippen molar-refractivity contribution in [3.63, 3.8) is 0 Å². The third-order valence-corrected chi connectivity index (χ3v) is 7.52. The Morgan fingerprint density at radius 1 is 0.848 bits per heavy atom. The largest absolute Gasteiger partial charge is 0.489 e. The van der Waals surface area contributed by atoms with Gasteiger partial charge in [-0.25, -0.2) is 0 Å². The molecule has 0 aromatic heterocycles. The van der Waals surface area contributed by atoms with Crippen LogP contribution in [-0.4, -0.2) is 0 Å².